The van der Waals surface area contributed by atoms with Gasteiger partial charge in [0, 0.05) is 12.4 Å². The minimum atomic E-state index is 0.190. The summed E-state index contributed by atoms with van der Waals surface area (Å²) in [6.07, 6.45) is 5.86. The van der Waals surface area contributed by atoms with Gasteiger partial charge in [-0.25, -0.2) is 0 Å². The number of aromatic nitrogens is 1. The SMILES string of the molecule is NNC(c1ccncc1Cl)C1CC1. The van der Waals surface area contributed by atoms with Gasteiger partial charge in [-0.3, -0.25) is 16.3 Å². The van der Waals surface area contributed by atoms with Crippen molar-refractivity contribution in [3.63, 3.8) is 0 Å². The van der Waals surface area contributed by atoms with Gasteiger partial charge in [0.05, 0.1) is 11.1 Å². The molecule has 13 heavy (non-hydrogen) atoms. The lowest BCUT2D eigenvalue weighted by atomic mass is 10.0. The molecule has 3 N–H and O–H groups in total. The highest BCUT2D eigenvalue weighted by atomic mass is 35.5. The summed E-state index contributed by atoms with van der Waals surface area (Å²) < 4.78 is 0. The summed E-state index contributed by atoms with van der Waals surface area (Å²) in [6.45, 7) is 0. The molecular formula is C9H12ClN3. The molecule has 1 aliphatic rings. The van der Waals surface area contributed by atoms with Crippen molar-refractivity contribution < 1.29 is 0 Å². The van der Waals surface area contributed by atoms with E-state index in [0.29, 0.717) is 10.9 Å². The van der Waals surface area contributed by atoms with E-state index < -0.39 is 0 Å². The molecule has 3 nitrogen and oxygen atoms in total. The van der Waals surface area contributed by atoms with Crippen molar-refractivity contribution in [1.29, 1.82) is 0 Å². The molecule has 0 bridgehead atoms. The molecule has 1 atom stereocenters. The maximum atomic E-state index is 6.01. The highest BCUT2D eigenvalue weighted by molar-refractivity contribution is 6.31. The molecule has 0 radical (unpaired) electrons. The first-order chi connectivity index (χ1) is 6.33. The Morgan fingerprint density at radius 3 is 2.92 bits per heavy atom. The molecule has 1 unspecified atom stereocenters. The number of nitrogens with zero attached hydrogens (tertiary/aromatic N) is 1. The lowest BCUT2D eigenvalue weighted by Crippen LogP contribution is -2.29. The van der Waals surface area contributed by atoms with Crippen LogP contribution in [0.15, 0.2) is 18.5 Å². The molecule has 1 fully saturated rings. The summed E-state index contributed by atoms with van der Waals surface area (Å²) in [7, 11) is 0. The Balaban J connectivity index is 2.26. The van der Waals surface area contributed by atoms with E-state index in [1.54, 1.807) is 12.4 Å². The monoisotopic (exact) mass is 197 g/mol. The number of pyridine rings is 1. The Labute approximate surface area is 82.3 Å². The van der Waals surface area contributed by atoms with Gasteiger partial charge < -0.3 is 0 Å². The van der Waals surface area contributed by atoms with Crippen LogP contribution in [0, 0.1) is 5.92 Å². The second kappa shape index (κ2) is 3.62. The Morgan fingerprint density at radius 1 is 1.62 bits per heavy atom. The third-order valence-electron chi connectivity index (χ3n) is 2.41. The van der Waals surface area contributed by atoms with Crippen LogP contribution in [0.4, 0.5) is 0 Å². The van der Waals surface area contributed by atoms with Crippen molar-refractivity contribution in [2.45, 2.75) is 18.9 Å². The quantitative estimate of drug-likeness (QED) is 0.572. The number of nitrogens with one attached hydrogen (secondary N) is 1. The van der Waals surface area contributed by atoms with E-state index in [2.05, 4.69) is 10.4 Å². The largest absolute Gasteiger partial charge is 0.271 e. The predicted molar refractivity (Wildman–Crippen MR) is 52.0 cm³/mol. The van der Waals surface area contributed by atoms with Crippen LogP contribution in [0.25, 0.3) is 0 Å². The average Bonchev–Trinajstić information content (AvgIpc) is 2.93. The molecule has 0 saturated heterocycles. The van der Waals surface area contributed by atoms with Gasteiger partial charge in [0.15, 0.2) is 0 Å². The van der Waals surface area contributed by atoms with E-state index in [1.165, 1.54) is 12.8 Å². The van der Waals surface area contributed by atoms with Crippen molar-refractivity contribution in [3.05, 3.63) is 29.0 Å². The zero-order valence-corrected chi connectivity index (χ0v) is 7.96. The Hall–Kier alpha value is -0.640. The smallest absolute Gasteiger partial charge is 0.0637 e. The van der Waals surface area contributed by atoms with Crippen LogP contribution in [0.3, 0.4) is 0 Å². The molecule has 1 aliphatic carbocycles. The van der Waals surface area contributed by atoms with E-state index in [-0.39, 0.29) is 6.04 Å². The summed E-state index contributed by atoms with van der Waals surface area (Å²) in [4.78, 5) is 3.94. The summed E-state index contributed by atoms with van der Waals surface area (Å²) in [5.41, 5.74) is 3.87. The highest BCUT2D eigenvalue weighted by Gasteiger charge is 2.32. The average molecular weight is 198 g/mol. The van der Waals surface area contributed by atoms with Crippen LogP contribution in [0.1, 0.15) is 24.4 Å². The van der Waals surface area contributed by atoms with Gasteiger partial charge in [-0.05, 0) is 30.4 Å². The normalized spacial score (nSPS) is 18.6. The summed E-state index contributed by atoms with van der Waals surface area (Å²) >= 11 is 6.01. The van der Waals surface area contributed by atoms with Crippen LogP contribution in [-0.4, -0.2) is 4.98 Å². The molecule has 0 amide bonds. The fraction of sp³-hybridized carbons (Fsp3) is 0.444. The standard InChI is InChI=1S/C9H12ClN3/c10-8-5-12-4-3-7(8)9(13-11)6-1-2-6/h3-6,9,13H,1-2,11H2. The van der Waals surface area contributed by atoms with Gasteiger partial charge in [-0.2, -0.15) is 0 Å². The van der Waals surface area contributed by atoms with E-state index in [9.17, 15) is 0 Å². The van der Waals surface area contributed by atoms with E-state index >= 15 is 0 Å². The van der Waals surface area contributed by atoms with Crippen LogP contribution in [0.5, 0.6) is 0 Å². The second-order valence-corrected chi connectivity index (χ2v) is 3.79. The molecule has 4 heteroatoms. The molecule has 0 spiro atoms. The fourth-order valence-corrected chi connectivity index (χ4v) is 1.78. The van der Waals surface area contributed by atoms with Crippen LogP contribution < -0.4 is 11.3 Å². The summed E-state index contributed by atoms with van der Waals surface area (Å²) in [5.74, 6) is 6.13. The van der Waals surface area contributed by atoms with E-state index in [0.717, 1.165) is 5.56 Å². The van der Waals surface area contributed by atoms with Crippen molar-refractivity contribution >= 4 is 11.6 Å². The maximum Gasteiger partial charge on any atom is 0.0637 e. The first-order valence-electron chi connectivity index (χ1n) is 4.38. The van der Waals surface area contributed by atoms with Gasteiger partial charge in [0.1, 0.15) is 0 Å². The minimum Gasteiger partial charge on any atom is -0.271 e. The van der Waals surface area contributed by atoms with Crippen molar-refractivity contribution in [3.8, 4) is 0 Å². The van der Waals surface area contributed by atoms with Gasteiger partial charge in [0.25, 0.3) is 0 Å². The Kier molecular flexibility index (Phi) is 2.49. The van der Waals surface area contributed by atoms with Gasteiger partial charge in [-0.15, -0.1) is 0 Å². The molecule has 70 valence electrons. The topological polar surface area (TPSA) is 50.9 Å². The lowest BCUT2D eigenvalue weighted by Gasteiger charge is -2.16. The maximum absolute atomic E-state index is 6.01. The third-order valence-corrected chi connectivity index (χ3v) is 2.73. The number of halogens is 1. The Morgan fingerprint density at radius 2 is 2.38 bits per heavy atom. The number of rotatable bonds is 3. The number of nitrogens with two attached hydrogens (primary N) is 1. The number of hydrogen-bond acceptors (Lipinski definition) is 3. The zero-order chi connectivity index (χ0) is 9.26. The summed E-state index contributed by atoms with van der Waals surface area (Å²) in [5, 5.41) is 0.692. The van der Waals surface area contributed by atoms with Crippen molar-refractivity contribution in [2.75, 3.05) is 0 Å². The molecule has 0 aromatic carbocycles. The van der Waals surface area contributed by atoms with Gasteiger partial charge in [0.2, 0.25) is 0 Å². The lowest BCUT2D eigenvalue weighted by molar-refractivity contribution is 0.496. The molecule has 2 rings (SSSR count). The predicted octanol–water partition coefficient (Wildman–Crippen LogP) is 1.65. The van der Waals surface area contributed by atoms with Crippen LogP contribution in [-0.2, 0) is 0 Å². The van der Waals surface area contributed by atoms with Crippen molar-refractivity contribution in [1.82, 2.24) is 10.4 Å². The van der Waals surface area contributed by atoms with Crippen LogP contribution in [0.2, 0.25) is 5.02 Å². The minimum absolute atomic E-state index is 0.190. The molecule has 1 aromatic rings. The van der Waals surface area contributed by atoms with E-state index in [4.69, 9.17) is 17.4 Å². The molecule has 1 heterocycles. The van der Waals surface area contributed by atoms with Crippen LogP contribution >= 0.6 is 11.6 Å². The Bertz CT molecular complexity index is 299. The number of hydrogen-bond donors (Lipinski definition) is 2. The van der Waals surface area contributed by atoms with Gasteiger partial charge in [-0.1, -0.05) is 11.6 Å². The molecule has 1 saturated carbocycles. The second-order valence-electron chi connectivity index (χ2n) is 3.38. The highest BCUT2D eigenvalue weighted by Crippen LogP contribution is 2.42. The molecular weight excluding hydrogens is 186 g/mol. The fourth-order valence-electron chi connectivity index (χ4n) is 1.55. The molecule has 0 aliphatic heterocycles. The molecule has 1 aromatic heterocycles. The van der Waals surface area contributed by atoms with Crippen molar-refractivity contribution in [2.24, 2.45) is 11.8 Å². The third kappa shape index (κ3) is 1.82. The zero-order valence-electron chi connectivity index (χ0n) is 7.20. The number of hydrazine groups is 1. The summed E-state index contributed by atoms with van der Waals surface area (Å²) in [6, 6.07) is 2.11. The first-order valence-corrected chi connectivity index (χ1v) is 4.76. The van der Waals surface area contributed by atoms with E-state index in [1.807, 2.05) is 6.07 Å². The van der Waals surface area contributed by atoms with Gasteiger partial charge >= 0.3 is 0 Å². The first kappa shape index (κ1) is 8.94.